The summed E-state index contributed by atoms with van der Waals surface area (Å²) in [7, 11) is -1.43. The highest BCUT2D eigenvalue weighted by Crippen LogP contribution is 2.40. The van der Waals surface area contributed by atoms with E-state index >= 15 is 0 Å². The summed E-state index contributed by atoms with van der Waals surface area (Å²) in [6.45, 7) is 0. The van der Waals surface area contributed by atoms with E-state index in [4.69, 9.17) is 0 Å². The smallest absolute Gasteiger partial charge is 0.00167 e. The fourth-order valence-corrected chi connectivity index (χ4v) is 9.93. The molecule has 0 aromatic heterocycles. The van der Waals surface area contributed by atoms with Gasteiger partial charge in [-0.3, -0.25) is 0 Å². The highest BCUT2D eigenvalue weighted by Gasteiger charge is 2.24. The molecule has 0 amide bonds. The van der Waals surface area contributed by atoms with Crippen molar-refractivity contribution in [2.24, 2.45) is 0 Å². The van der Waals surface area contributed by atoms with Crippen LogP contribution in [0.1, 0.15) is 0 Å². The third kappa shape index (κ3) is 4.52. The summed E-state index contributed by atoms with van der Waals surface area (Å²) >= 11 is 0. The molecule has 0 radical (unpaired) electrons. The van der Waals surface area contributed by atoms with Crippen molar-refractivity contribution in [3.05, 3.63) is 158 Å². The van der Waals surface area contributed by atoms with Gasteiger partial charge in [-0.1, -0.05) is 158 Å². The van der Waals surface area contributed by atoms with Crippen molar-refractivity contribution < 1.29 is 0 Å². The lowest BCUT2D eigenvalue weighted by Gasteiger charge is -2.26. The number of rotatable bonds is 6. The largest absolute Gasteiger partial charge is 0.0622 e. The van der Waals surface area contributed by atoms with Gasteiger partial charge in [-0.25, -0.2) is 0 Å². The molecule has 0 unspecified atom stereocenters. The maximum Gasteiger partial charge on any atom is -0.00167 e. The summed E-state index contributed by atoms with van der Waals surface area (Å²) in [6.07, 6.45) is 0. The Hall–Kier alpha value is -3.56. The lowest BCUT2D eigenvalue weighted by Crippen LogP contribution is -2.27. The van der Waals surface area contributed by atoms with Gasteiger partial charge < -0.3 is 0 Å². The van der Waals surface area contributed by atoms with Gasteiger partial charge in [0.05, 0.1) is 0 Å². The molecule has 0 atom stereocenters. The summed E-state index contributed by atoms with van der Waals surface area (Å²) in [5.74, 6) is 0. The molecule has 0 bridgehead atoms. The Kier molecular flexibility index (Phi) is 6.73. The molecule has 0 saturated heterocycles. The first-order valence-electron chi connectivity index (χ1n) is 12.2. The van der Waals surface area contributed by atoms with Crippen LogP contribution in [0.5, 0.6) is 0 Å². The standard InChI is InChI=1S/C34H26P2/c1-5-17-28(18-6-1)35(29-19-7-2-8-20-29)32-25-13-15-27-16-14-26-33(34(27)32)36(30-21-9-3-10-22-30)31-23-11-4-12-24-31/h1-26H. The molecule has 36 heavy (non-hydrogen) atoms. The van der Waals surface area contributed by atoms with E-state index in [-0.39, 0.29) is 0 Å². The molecule has 172 valence electrons. The molecule has 0 aliphatic rings. The molecule has 0 saturated carbocycles. The second kappa shape index (κ2) is 10.6. The van der Waals surface area contributed by atoms with Crippen LogP contribution in [-0.2, 0) is 0 Å². The molecule has 6 aromatic rings. The van der Waals surface area contributed by atoms with E-state index < -0.39 is 15.8 Å². The molecule has 0 spiro atoms. The lowest BCUT2D eigenvalue weighted by atomic mass is 10.1. The van der Waals surface area contributed by atoms with E-state index in [1.807, 2.05) is 0 Å². The van der Waals surface area contributed by atoms with E-state index in [0.29, 0.717) is 0 Å². The van der Waals surface area contributed by atoms with Gasteiger partial charge >= 0.3 is 0 Å². The summed E-state index contributed by atoms with van der Waals surface area (Å²) in [5.41, 5.74) is 0. The van der Waals surface area contributed by atoms with Crippen molar-refractivity contribution in [1.29, 1.82) is 0 Å². The third-order valence-corrected chi connectivity index (χ3v) is 11.4. The second-order valence-corrected chi connectivity index (χ2v) is 13.0. The molecule has 0 heterocycles. The Morgan fingerprint density at radius 3 is 0.889 bits per heavy atom. The normalized spacial score (nSPS) is 11.3. The molecule has 0 aliphatic carbocycles. The summed E-state index contributed by atoms with van der Waals surface area (Å²) in [4.78, 5) is 0. The molecule has 0 aliphatic heterocycles. The Balaban J connectivity index is 1.66. The summed E-state index contributed by atoms with van der Waals surface area (Å²) < 4.78 is 0. The lowest BCUT2D eigenvalue weighted by molar-refractivity contribution is 1.74. The SMILES string of the molecule is c1ccc(P(c2ccccc2)c2cccc3cccc(P(c4ccccc4)c4ccccc4)c23)cc1. The van der Waals surface area contributed by atoms with Crippen LogP contribution in [0.4, 0.5) is 0 Å². The van der Waals surface area contributed by atoms with Crippen molar-refractivity contribution in [3.8, 4) is 0 Å². The summed E-state index contributed by atoms with van der Waals surface area (Å²) in [6, 6.07) is 57.8. The Morgan fingerprint density at radius 1 is 0.278 bits per heavy atom. The van der Waals surface area contributed by atoms with Gasteiger partial charge in [-0.2, -0.15) is 0 Å². The Morgan fingerprint density at radius 2 is 0.583 bits per heavy atom. The van der Waals surface area contributed by atoms with Crippen LogP contribution in [0.25, 0.3) is 10.8 Å². The van der Waals surface area contributed by atoms with Gasteiger partial charge in [0.1, 0.15) is 0 Å². The molecule has 0 N–H and O–H groups in total. The Labute approximate surface area is 215 Å². The van der Waals surface area contributed by atoms with E-state index in [9.17, 15) is 0 Å². The number of hydrogen-bond acceptors (Lipinski definition) is 0. The molecule has 0 nitrogen and oxygen atoms in total. The number of fused-ring (bicyclic) bond motifs is 1. The quantitative estimate of drug-likeness (QED) is 0.236. The van der Waals surface area contributed by atoms with Crippen LogP contribution >= 0.6 is 15.8 Å². The number of hydrogen-bond donors (Lipinski definition) is 0. The predicted octanol–water partition coefficient (Wildman–Crippen LogP) is 6.36. The van der Waals surface area contributed by atoms with Crippen molar-refractivity contribution in [2.45, 2.75) is 0 Å². The highest BCUT2D eigenvalue weighted by molar-refractivity contribution is 7.82. The average molecular weight is 497 g/mol. The first-order valence-corrected chi connectivity index (χ1v) is 14.9. The van der Waals surface area contributed by atoms with Crippen molar-refractivity contribution >= 4 is 58.4 Å². The van der Waals surface area contributed by atoms with Gasteiger partial charge in [0, 0.05) is 0 Å². The average Bonchev–Trinajstić information content (AvgIpc) is 2.96. The van der Waals surface area contributed by atoms with E-state index in [1.165, 1.54) is 42.6 Å². The van der Waals surface area contributed by atoms with E-state index in [0.717, 1.165) is 0 Å². The minimum atomic E-state index is -0.714. The fourth-order valence-electron chi connectivity index (χ4n) is 4.84. The zero-order valence-electron chi connectivity index (χ0n) is 19.9. The van der Waals surface area contributed by atoms with Gasteiger partial charge in [-0.05, 0) is 58.4 Å². The van der Waals surface area contributed by atoms with Crippen LogP contribution in [0.15, 0.2) is 158 Å². The van der Waals surface area contributed by atoms with Crippen LogP contribution in [-0.4, -0.2) is 0 Å². The van der Waals surface area contributed by atoms with Gasteiger partial charge in [0.25, 0.3) is 0 Å². The molecular formula is C34H26P2. The van der Waals surface area contributed by atoms with E-state index in [1.54, 1.807) is 0 Å². The molecule has 2 heteroatoms. The summed E-state index contributed by atoms with van der Waals surface area (Å²) in [5, 5.41) is 11.1. The monoisotopic (exact) mass is 496 g/mol. The maximum absolute atomic E-state index is 2.36. The van der Waals surface area contributed by atoms with Gasteiger partial charge in [0.15, 0.2) is 0 Å². The minimum absolute atomic E-state index is 0.714. The fraction of sp³-hybridized carbons (Fsp3) is 0. The number of benzene rings is 6. The van der Waals surface area contributed by atoms with Crippen LogP contribution in [0.2, 0.25) is 0 Å². The highest BCUT2D eigenvalue weighted by atomic mass is 31.1. The predicted molar refractivity (Wildman–Crippen MR) is 161 cm³/mol. The topological polar surface area (TPSA) is 0 Å². The maximum atomic E-state index is 2.36. The van der Waals surface area contributed by atoms with Crippen molar-refractivity contribution in [2.75, 3.05) is 0 Å². The van der Waals surface area contributed by atoms with Crippen molar-refractivity contribution in [1.82, 2.24) is 0 Å². The molecular weight excluding hydrogens is 470 g/mol. The minimum Gasteiger partial charge on any atom is -0.0622 e. The Bertz CT molecular complexity index is 1370. The molecule has 6 aromatic carbocycles. The van der Waals surface area contributed by atoms with Crippen LogP contribution in [0, 0.1) is 0 Å². The molecule has 0 fully saturated rings. The zero-order valence-corrected chi connectivity index (χ0v) is 21.7. The second-order valence-electron chi connectivity index (χ2n) is 8.67. The van der Waals surface area contributed by atoms with Gasteiger partial charge in [-0.15, -0.1) is 0 Å². The first kappa shape index (κ1) is 22.9. The third-order valence-electron chi connectivity index (χ3n) is 6.40. The molecule has 6 rings (SSSR count). The van der Waals surface area contributed by atoms with Crippen LogP contribution < -0.4 is 31.8 Å². The zero-order chi connectivity index (χ0) is 24.2. The van der Waals surface area contributed by atoms with Crippen LogP contribution in [0.3, 0.4) is 0 Å². The van der Waals surface area contributed by atoms with Crippen molar-refractivity contribution in [3.63, 3.8) is 0 Å². The van der Waals surface area contributed by atoms with E-state index in [2.05, 4.69) is 158 Å². The first-order chi connectivity index (χ1) is 17.9. The van der Waals surface area contributed by atoms with Gasteiger partial charge in [0.2, 0.25) is 0 Å².